The fraction of sp³-hybridized carbons (Fsp3) is 0.467. The van der Waals surface area contributed by atoms with Crippen molar-refractivity contribution in [1.29, 1.82) is 0 Å². The summed E-state index contributed by atoms with van der Waals surface area (Å²) in [6.07, 6.45) is 8.92. The summed E-state index contributed by atoms with van der Waals surface area (Å²) in [6, 6.07) is 3.99. The van der Waals surface area contributed by atoms with E-state index in [1.165, 1.54) is 11.3 Å². The van der Waals surface area contributed by atoms with Crippen LogP contribution >= 0.6 is 0 Å². The minimum Gasteiger partial charge on any atom is -0.313 e. The number of rotatable bonds is 7. The second-order valence-corrected chi connectivity index (χ2v) is 4.66. The summed E-state index contributed by atoms with van der Waals surface area (Å²) in [5.41, 5.74) is 3.68. The SMILES string of the molecule is CCCNCc1cnn(-c2ccncc2)c1CCC. The summed E-state index contributed by atoms with van der Waals surface area (Å²) in [4.78, 5) is 4.06. The van der Waals surface area contributed by atoms with Crippen molar-refractivity contribution in [2.75, 3.05) is 6.54 Å². The summed E-state index contributed by atoms with van der Waals surface area (Å²) >= 11 is 0. The molecule has 0 spiro atoms. The number of pyridine rings is 1. The normalized spacial score (nSPS) is 10.8. The Morgan fingerprint density at radius 2 is 1.95 bits per heavy atom. The van der Waals surface area contributed by atoms with Gasteiger partial charge in [0.25, 0.3) is 0 Å². The van der Waals surface area contributed by atoms with Gasteiger partial charge in [-0.1, -0.05) is 20.3 Å². The molecule has 0 fully saturated rings. The van der Waals surface area contributed by atoms with Crippen LogP contribution in [-0.2, 0) is 13.0 Å². The van der Waals surface area contributed by atoms with Gasteiger partial charge in [0, 0.05) is 30.2 Å². The van der Waals surface area contributed by atoms with Crippen molar-refractivity contribution in [3.8, 4) is 5.69 Å². The van der Waals surface area contributed by atoms with E-state index >= 15 is 0 Å². The molecule has 0 saturated heterocycles. The molecule has 0 aliphatic rings. The highest BCUT2D eigenvalue weighted by molar-refractivity contribution is 5.33. The lowest BCUT2D eigenvalue weighted by atomic mass is 10.1. The van der Waals surface area contributed by atoms with E-state index in [9.17, 15) is 0 Å². The average molecular weight is 258 g/mol. The van der Waals surface area contributed by atoms with Crippen LogP contribution in [0.2, 0.25) is 0 Å². The Bertz CT molecular complexity index is 490. The van der Waals surface area contributed by atoms with Gasteiger partial charge in [-0.25, -0.2) is 4.68 Å². The van der Waals surface area contributed by atoms with Crippen LogP contribution in [-0.4, -0.2) is 21.3 Å². The quantitative estimate of drug-likeness (QED) is 0.776. The van der Waals surface area contributed by atoms with Gasteiger partial charge < -0.3 is 5.32 Å². The number of nitrogens with zero attached hydrogens (tertiary/aromatic N) is 3. The van der Waals surface area contributed by atoms with Crippen molar-refractivity contribution in [1.82, 2.24) is 20.1 Å². The van der Waals surface area contributed by atoms with Crippen molar-refractivity contribution in [3.63, 3.8) is 0 Å². The maximum absolute atomic E-state index is 4.53. The second kappa shape index (κ2) is 7.04. The highest BCUT2D eigenvalue weighted by Crippen LogP contribution is 2.16. The fourth-order valence-corrected chi connectivity index (χ4v) is 2.17. The number of hydrogen-bond donors (Lipinski definition) is 1. The Labute approximate surface area is 114 Å². The zero-order valence-electron chi connectivity index (χ0n) is 11.8. The number of aromatic nitrogens is 3. The zero-order valence-corrected chi connectivity index (χ0v) is 11.8. The van der Waals surface area contributed by atoms with E-state index in [0.717, 1.165) is 38.0 Å². The van der Waals surface area contributed by atoms with E-state index in [2.05, 4.69) is 29.2 Å². The summed E-state index contributed by atoms with van der Waals surface area (Å²) in [7, 11) is 0. The molecular weight excluding hydrogens is 236 g/mol. The Morgan fingerprint density at radius 1 is 1.16 bits per heavy atom. The van der Waals surface area contributed by atoms with E-state index in [4.69, 9.17) is 0 Å². The van der Waals surface area contributed by atoms with E-state index in [1.54, 1.807) is 0 Å². The van der Waals surface area contributed by atoms with Crippen LogP contribution in [0.15, 0.2) is 30.7 Å². The van der Waals surface area contributed by atoms with Crippen molar-refractivity contribution in [3.05, 3.63) is 42.0 Å². The monoisotopic (exact) mass is 258 g/mol. The maximum Gasteiger partial charge on any atom is 0.0679 e. The molecule has 4 nitrogen and oxygen atoms in total. The van der Waals surface area contributed by atoms with E-state index < -0.39 is 0 Å². The van der Waals surface area contributed by atoms with Gasteiger partial charge >= 0.3 is 0 Å². The zero-order chi connectivity index (χ0) is 13.5. The van der Waals surface area contributed by atoms with Crippen LogP contribution < -0.4 is 5.32 Å². The molecule has 2 aromatic heterocycles. The maximum atomic E-state index is 4.53. The number of hydrogen-bond acceptors (Lipinski definition) is 3. The smallest absolute Gasteiger partial charge is 0.0679 e. The van der Waals surface area contributed by atoms with Crippen LogP contribution in [0.3, 0.4) is 0 Å². The minimum absolute atomic E-state index is 0.897. The number of nitrogens with one attached hydrogen (secondary N) is 1. The van der Waals surface area contributed by atoms with Gasteiger partial charge in [0.1, 0.15) is 0 Å². The van der Waals surface area contributed by atoms with Gasteiger partial charge in [-0.2, -0.15) is 5.10 Å². The highest BCUT2D eigenvalue weighted by Gasteiger charge is 2.10. The molecule has 0 aromatic carbocycles. The summed E-state index contributed by atoms with van der Waals surface area (Å²) in [6.45, 7) is 6.33. The van der Waals surface area contributed by atoms with Crippen molar-refractivity contribution < 1.29 is 0 Å². The first kappa shape index (κ1) is 13.7. The summed E-state index contributed by atoms with van der Waals surface area (Å²) < 4.78 is 2.04. The third-order valence-corrected chi connectivity index (χ3v) is 3.09. The van der Waals surface area contributed by atoms with Crippen LogP contribution in [0, 0.1) is 0 Å². The van der Waals surface area contributed by atoms with Crippen LogP contribution in [0.1, 0.15) is 37.9 Å². The Kier molecular flexibility index (Phi) is 5.10. The lowest BCUT2D eigenvalue weighted by molar-refractivity contribution is 0.666. The van der Waals surface area contributed by atoms with Crippen LogP contribution in [0.4, 0.5) is 0 Å². The molecule has 0 aliphatic heterocycles. The highest BCUT2D eigenvalue weighted by atomic mass is 15.3. The molecule has 102 valence electrons. The molecule has 1 N–H and O–H groups in total. The molecule has 2 rings (SSSR count). The largest absolute Gasteiger partial charge is 0.313 e. The fourth-order valence-electron chi connectivity index (χ4n) is 2.17. The molecular formula is C15H22N4. The molecule has 0 atom stereocenters. The van der Waals surface area contributed by atoms with E-state index in [0.29, 0.717) is 0 Å². The van der Waals surface area contributed by atoms with Crippen molar-refractivity contribution in [2.24, 2.45) is 0 Å². The minimum atomic E-state index is 0.897. The standard InChI is InChI=1S/C15H22N4/c1-3-5-15-13(11-17-8-4-2)12-18-19(15)14-6-9-16-10-7-14/h6-7,9-10,12,17H,3-5,8,11H2,1-2H3. The van der Waals surface area contributed by atoms with Gasteiger partial charge in [-0.3, -0.25) is 4.98 Å². The van der Waals surface area contributed by atoms with Crippen LogP contribution in [0.5, 0.6) is 0 Å². The van der Waals surface area contributed by atoms with Gasteiger partial charge in [0.15, 0.2) is 0 Å². The van der Waals surface area contributed by atoms with Gasteiger partial charge in [-0.05, 0) is 31.5 Å². The third-order valence-electron chi connectivity index (χ3n) is 3.09. The molecule has 0 aliphatic carbocycles. The second-order valence-electron chi connectivity index (χ2n) is 4.66. The Morgan fingerprint density at radius 3 is 2.63 bits per heavy atom. The molecule has 2 heterocycles. The predicted molar refractivity (Wildman–Crippen MR) is 77.4 cm³/mol. The first-order valence-corrected chi connectivity index (χ1v) is 7.03. The van der Waals surface area contributed by atoms with Crippen molar-refractivity contribution >= 4 is 0 Å². The average Bonchev–Trinajstić information content (AvgIpc) is 2.84. The summed E-state index contributed by atoms with van der Waals surface area (Å²) in [5, 5.41) is 7.98. The topological polar surface area (TPSA) is 42.7 Å². The third kappa shape index (κ3) is 3.41. The molecule has 2 aromatic rings. The molecule has 4 heteroatoms. The van der Waals surface area contributed by atoms with Crippen LogP contribution in [0.25, 0.3) is 5.69 Å². The first-order valence-electron chi connectivity index (χ1n) is 7.03. The van der Waals surface area contributed by atoms with E-state index in [-0.39, 0.29) is 0 Å². The van der Waals surface area contributed by atoms with Crippen molar-refractivity contribution in [2.45, 2.75) is 39.7 Å². The molecule has 0 saturated carbocycles. The van der Waals surface area contributed by atoms with Gasteiger partial charge in [0.05, 0.1) is 11.9 Å². The Hall–Kier alpha value is -1.68. The molecule has 0 amide bonds. The Balaban J connectivity index is 2.24. The van der Waals surface area contributed by atoms with Gasteiger partial charge in [0.2, 0.25) is 0 Å². The molecule has 0 radical (unpaired) electrons. The summed E-state index contributed by atoms with van der Waals surface area (Å²) in [5.74, 6) is 0. The predicted octanol–water partition coefficient (Wildman–Crippen LogP) is 2.72. The first-order chi connectivity index (χ1) is 9.36. The van der Waals surface area contributed by atoms with Gasteiger partial charge in [-0.15, -0.1) is 0 Å². The molecule has 0 bridgehead atoms. The van der Waals surface area contributed by atoms with E-state index in [1.807, 2.05) is 35.4 Å². The lowest BCUT2D eigenvalue weighted by Gasteiger charge is -2.09. The molecule has 19 heavy (non-hydrogen) atoms. The molecule has 0 unspecified atom stereocenters. The lowest BCUT2D eigenvalue weighted by Crippen LogP contribution is -2.15.